The van der Waals surface area contributed by atoms with Gasteiger partial charge in [-0.1, -0.05) is 33.6 Å². The second-order valence-electron chi connectivity index (χ2n) is 4.82. The maximum absolute atomic E-state index is 12.3. The van der Waals surface area contributed by atoms with Crippen LogP contribution in [0, 0.1) is 5.92 Å². The summed E-state index contributed by atoms with van der Waals surface area (Å²) in [6.45, 7) is 7.34. The third kappa shape index (κ3) is 4.76. The van der Waals surface area contributed by atoms with Crippen LogP contribution in [0.25, 0.3) is 0 Å². The molecular weight excluding hydrogens is 274 g/mol. The molecule has 0 radical (unpaired) electrons. The molecule has 1 aromatic rings. The molecule has 0 aliphatic rings. The molecule has 1 heterocycles. The third-order valence-corrected chi connectivity index (χ3v) is 4.69. The Labute approximate surface area is 122 Å². The van der Waals surface area contributed by atoms with E-state index in [4.69, 9.17) is 0 Å². The molecule has 0 amide bonds. The maximum atomic E-state index is 12.3. The van der Waals surface area contributed by atoms with Crippen LogP contribution in [0.15, 0.2) is 23.4 Å². The highest BCUT2D eigenvalue weighted by molar-refractivity contribution is 7.89. The molecule has 0 bridgehead atoms. The summed E-state index contributed by atoms with van der Waals surface area (Å²) in [5.41, 5.74) is 0.561. The Hall–Kier alpha value is -1.14. The molecule has 1 aromatic heterocycles. The van der Waals surface area contributed by atoms with Gasteiger partial charge >= 0.3 is 0 Å². The lowest BCUT2D eigenvalue weighted by Gasteiger charge is -2.15. The number of hydrogen-bond donors (Lipinski definition) is 2. The summed E-state index contributed by atoms with van der Waals surface area (Å²) in [5, 5.41) is 3.19. The van der Waals surface area contributed by atoms with Crippen molar-refractivity contribution in [2.24, 2.45) is 5.92 Å². The van der Waals surface area contributed by atoms with E-state index in [1.54, 1.807) is 12.1 Å². The lowest BCUT2D eigenvalue weighted by molar-refractivity contribution is 0.478. The zero-order chi connectivity index (χ0) is 15.0. The molecule has 0 aliphatic heterocycles. The fraction of sp³-hybridized carbons (Fsp3) is 0.643. The lowest BCUT2D eigenvalue weighted by atomic mass is 10.0. The monoisotopic (exact) mass is 299 g/mol. The number of aromatic nitrogens is 1. The molecule has 0 saturated heterocycles. The highest BCUT2D eigenvalue weighted by atomic mass is 32.2. The summed E-state index contributed by atoms with van der Waals surface area (Å²) >= 11 is 0. The molecule has 20 heavy (non-hydrogen) atoms. The molecule has 0 fully saturated rings. The molecular formula is C14H25N3O2S. The molecule has 0 unspecified atom stereocenters. The first-order valence-electron chi connectivity index (χ1n) is 7.23. The summed E-state index contributed by atoms with van der Waals surface area (Å²) in [6.07, 6.45) is 4.35. The van der Waals surface area contributed by atoms with Crippen LogP contribution in [-0.4, -0.2) is 26.5 Å². The van der Waals surface area contributed by atoms with Crippen molar-refractivity contribution in [1.82, 2.24) is 9.71 Å². The molecule has 2 N–H and O–H groups in total. The fourth-order valence-corrected chi connectivity index (χ4v) is 3.09. The van der Waals surface area contributed by atoms with Gasteiger partial charge in [-0.05, 0) is 24.5 Å². The van der Waals surface area contributed by atoms with Gasteiger partial charge in [0, 0.05) is 19.3 Å². The second kappa shape index (κ2) is 8.21. The summed E-state index contributed by atoms with van der Waals surface area (Å²) in [6, 6.07) is 3.48. The number of nitrogens with one attached hydrogen (secondary N) is 2. The van der Waals surface area contributed by atoms with Crippen molar-refractivity contribution in [1.29, 1.82) is 0 Å². The smallest absolute Gasteiger partial charge is 0.260 e. The van der Waals surface area contributed by atoms with E-state index in [9.17, 15) is 8.42 Å². The van der Waals surface area contributed by atoms with Gasteiger partial charge in [0.2, 0.25) is 0 Å². The van der Waals surface area contributed by atoms with Gasteiger partial charge in [-0.25, -0.2) is 18.1 Å². The summed E-state index contributed by atoms with van der Waals surface area (Å²) in [4.78, 5) is 4.02. The standard InChI is InChI=1S/C14H25N3O2S/c1-4-9-15-13-8-7-10-16-14(13)20(18,19)17-11-12(5-2)6-3/h7-8,10,12,15,17H,4-6,9,11H2,1-3H3. The van der Waals surface area contributed by atoms with Crippen LogP contribution in [0.2, 0.25) is 0 Å². The number of hydrogen-bond acceptors (Lipinski definition) is 4. The minimum absolute atomic E-state index is 0.0828. The summed E-state index contributed by atoms with van der Waals surface area (Å²) < 4.78 is 27.3. The van der Waals surface area contributed by atoms with Crippen LogP contribution < -0.4 is 10.0 Å². The minimum atomic E-state index is -3.56. The molecule has 6 heteroatoms. The number of anilines is 1. The van der Waals surface area contributed by atoms with E-state index >= 15 is 0 Å². The zero-order valence-electron chi connectivity index (χ0n) is 12.5. The van der Waals surface area contributed by atoms with Crippen LogP contribution in [0.3, 0.4) is 0 Å². The molecule has 0 aromatic carbocycles. The quantitative estimate of drug-likeness (QED) is 0.735. The summed E-state index contributed by atoms with van der Waals surface area (Å²) in [7, 11) is -3.56. The predicted octanol–water partition coefficient (Wildman–Crippen LogP) is 2.62. The first-order chi connectivity index (χ1) is 9.55. The molecule has 114 valence electrons. The molecule has 1 rings (SSSR count). The average Bonchev–Trinajstić information content (AvgIpc) is 2.46. The second-order valence-corrected chi connectivity index (χ2v) is 6.50. The molecule has 0 spiro atoms. The van der Waals surface area contributed by atoms with E-state index in [2.05, 4.69) is 28.9 Å². The molecule has 0 aliphatic carbocycles. The van der Waals surface area contributed by atoms with Gasteiger partial charge < -0.3 is 5.32 Å². The Morgan fingerprint density at radius 2 is 1.95 bits per heavy atom. The lowest BCUT2D eigenvalue weighted by Crippen LogP contribution is -2.30. The van der Waals surface area contributed by atoms with E-state index in [1.165, 1.54) is 6.20 Å². The number of nitrogens with zero attached hydrogens (tertiary/aromatic N) is 1. The number of pyridine rings is 1. The highest BCUT2D eigenvalue weighted by Gasteiger charge is 2.20. The van der Waals surface area contributed by atoms with E-state index in [0.717, 1.165) is 25.8 Å². The van der Waals surface area contributed by atoms with E-state index in [0.29, 0.717) is 18.2 Å². The maximum Gasteiger partial charge on any atom is 0.260 e. The Bertz CT molecular complexity index is 499. The topological polar surface area (TPSA) is 71.1 Å². The minimum Gasteiger partial charge on any atom is -0.383 e. The van der Waals surface area contributed by atoms with Crippen molar-refractivity contribution in [3.8, 4) is 0 Å². The van der Waals surface area contributed by atoms with Gasteiger partial charge in [0.15, 0.2) is 5.03 Å². The van der Waals surface area contributed by atoms with Crippen molar-refractivity contribution in [2.45, 2.75) is 45.1 Å². The fourth-order valence-electron chi connectivity index (χ4n) is 1.87. The van der Waals surface area contributed by atoms with Crippen LogP contribution in [-0.2, 0) is 10.0 Å². The van der Waals surface area contributed by atoms with Gasteiger partial charge in [0.05, 0.1) is 5.69 Å². The first-order valence-corrected chi connectivity index (χ1v) is 8.72. The SMILES string of the molecule is CCCNc1cccnc1S(=O)(=O)NCC(CC)CC. The van der Waals surface area contributed by atoms with Crippen molar-refractivity contribution < 1.29 is 8.42 Å². The van der Waals surface area contributed by atoms with Gasteiger partial charge in [0.1, 0.15) is 0 Å². The normalized spacial score (nSPS) is 11.8. The third-order valence-electron chi connectivity index (χ3n) is 3.31. The largest absolute Gasteiger partial charge is 0.383 e. The Morgan fingerprint density at radius 3 is 2.55 bits per heavy atom. The first kappa shape index (κ1) is 16.9. The van der Waals surface area contributed by atoms with Crippen LogP contribution in [0.1, 0.15) is 40.0 Å². The number of sulfonamides is 1. The van der Waals surface area contributed by atoms with Crippen molar-refractivity contribution in [2.75, 3.05) is 18.4 Å². The average molecular weight is 299 g/mol. The Morgan fingerprint density at radius 1 is 1.25 bits per heavy atom. The van der Waals surface area contributed by atoms with Gasteiger partial charge in [-0.3, -0.25) is 0 Å². The molecule has 0 atom stereocenters. The van der Waals surface area contributed by atoms with Crippen molar-refractivity contribution >= 4 is 15.7 Å². The van der Waals surface area contributed by atoms with Crippen molar-refractivity contribution in [3.63, 3.8) is 0 Å². The summed E-state index contributed by atoms with van der Waals surface area (Å²) in [5.74, 6) is 0.362. The Balaban J connectivity index is 2.86. The van der Waals surface area contributed by atoms with Crippen LogP contribution in [0.5, 0.6) is 0 Å². The molecule has 5 nitrogen and oxygen atoms in total. The number of rotatable bonds is 9. The molecule has 0 saturated carbocycles. The van der Waals surface area contributed by atoms with Crippen LogP contribution >= 0.6 is 0 Å². The Kier molecular flexibility index (Phi) is 6.95. The van der Waals surface area contributed by atoms with E-state index < -0.39 is 10.0 Å². The zero-order valence-corrected chi connectivity index (χ0v) is 13.3. The van der Waals surface area contributed by atoms with E-state index in [1.807, 2.05) is 6.92 Å². The van der Waals surface area contributed by atoms with Crippen LogP contribution in [0.4, 0.5) is 5.69 Å². The van der Waals surface area contributed by atoms with E-state index in [-0.39, 0.29) is 5.03 Å². The van der Waals surface area contributed by atoms with Gasteiger partial charge in [-0.2, -0.15) is 0 Å². The van der Waals surface area contributed by atoms with Gasteiger partial charge in [-0.15, -0.1) is 0 Å². The van der Waals surface area contributed by atoms with Gasteiger partial charge in [0.25, 0.3) is 10.0 Å². The van der Waals surface area contributed by atoms with Crippen molar-refractivity contribution in [3.05, 3.63) is 18.3 Å². The highest BCUT2D eigenvalue weighted by Crippen LogP contribution is 2.18. The predicted molar refractivity (Wildman–Crippen MR) is 82.3 cm³/mol.